The van der Waals surface area contributed by atoms with Crippen LogP contribution in [0, 0.1) is 0 Å². The number of hydrogen-bond donors (Lipinski definition) is 1. The van der Waals surface area contributed by atoms with E-state index < -0.39 is 0 Å². The molecule has 2 nitrogen and oxygen atoms in total. The average Bonchev–Trinajstić information content (AvgIpc) is 1.89. The zero-order chi connectivity index (χ0) is 6.69. The molecule has 0 bridgehead atoms. The van der Waals surface area contributed by atoms with Crippen molar-refractivity contribution in [3.63, 3.8) is 0 Å². The molecule has 1 N–H and O–H groups in total. The molecular weight excluding hydrogens is 231 g/mol. The normalized spacial score (nSPS) is 36.7. The summed E-state index contributed by atoms with van der Waals surface area (Å²) in [6.45, 7) is 0. The van der Waals surface area contributed by atoms with Crippen molar-refractivity contribution in [1.82, 2.24) is 0 Å². The van der Waals surface area contributed by atoms with Crippen LogP contribution in [-0.4, -0.2) is 17.3 Å². The number of hydrogen-bond acceptors (Lipinski definition) is 2. The zero-order valence-corrected chi connectivity index (χ0v) is 7.58. The van der Waals surface area contributed by atoms with Gasteiger partial charge in [0.1, 0.15) is 6.10 Å². The quantitative estimate of drug-likeness (QED) is 0.516. The number of aliphatic hydroxyl groups excluding tert-OH is 1. The molecule has 1 aliphatic carbocycles. The van der Waals surface area contributed by atoms with Crippen LogP contribution in [0.25, 0.3) is 0 Å². The van der Waals surface area contributed by atoms with Gasteiger partial charge in [-0.3, -0.25) is 0 Å². The van der Waals surface area contributed by atoms with E-state index in [1.54, 1.807) is 23.0 Å². The molecule has 0 aromatic rings. The van der Waals surface area contributed by atoms with E-state index in [-0.39, 0.29) is 12.2 Å². The van der Waals surface area contributed by atoms with Crippen molar-refractivity contribution in [2.75, 3.05) is 0 Å². The van der Waals surface area contributed by atoms with E-state index in [4.69, 9.17) is 3.07 Å². The highest BCUT2D eigenvalue weighted by Gasteiger charge is 2.25. The van der Waals surface area contributed by atoms with Gasteiger partial charge in [-0.25, -0.2) is 0 Å². The van der Waals surface area contributed by atoms with Crippen LogP contribution < -0.4 is 23.0 Å². The Morgan fingerprint density at radius 3 is 2.44 bits per heavy atom. The number of aliphatic hydroxyl groups is 1. The maximum absolute atomic E-state index is 9.25. The summed E-state index contributed by atoms with van der Waals surface area (Å²) in [6.07, 6.45) is 4.22. The highest BCUT2D eigenvalue weighted by Crippen LogP contribution is 2.18. The van der Waals surface area contributed by atoms with Crippen molar-refractivity contribution in [2.24, 2.45) is 0 Å². The first-order valence-electron chi connectivity index (χ1n) is 3.31. The third-order valence-electron chi connectivity index (χ3n) is 1.79. The fourth-order valence-corrected chi connectivity index (χ4v) is 1.83. The Hall–Kier alpha value is 0.650. The summed E-state index contributed by atoms with van der Waals surface area (Å²) < 4.78 is 5.06. The van der Waals surface area contributed by atoms with Gasteiger partial charge in [0.05, 0.1) is 6.10 Å². The van der Waals surface area contributed by atoms with Crippen molar-refractivity contribution in [1.29, 1.82) is 0 Å². The fourth-order valence-electron chi connectivity index (χ4n) is 1.19. The highest BCUT2D eigenvalue weighted by molar-refractivity contribution is 4.73. The molecule has 9 heavy (non-hydrogen) atoms. The first kappa shape index (κ1) is 7.75. The summed E-state index contributed by atoms with van der Waals surface area (Å²) in [6, 6.07) is 0. The molecule has 0 aliphatic heterocycles. The van der Waals surface area contributed by atoms with E-state index >= 15 is 0 Å². The summed E-state index contributed by atoms with van der Waals surface area (Å²) in [5.41, 5.74) is 0. The fraction of sp³-hybridized carbons (Fsp3) is 1.00. The smallest absolute Gasteiger partial charge is 0.390 e. The van der Waals surface area contributed by atoms with E-state index in [0.717, 1.165) is 19.3 Å². The summed E-state index contributed by atoms with van der Waals surface area (Å²) in [5, 5.41) is 9.25. The summed E-state index contributed by atoms with van der Waals surface area (Å²) in [5.74, 6) is 0. The Kier molecular flexibility index (Phi) is 3.21. The van der Waals surface area contributed by atoms with Gasteiger partial charge in [0.25, 0.3) is 0 Å². The van der Waals surface area contributed by atoms with Crippen LogP contribution in [0.4, 0.5) is 0 Å². The Bertz CT molecular complexity index is 87.1. The molecule has 0 unspecified atom stereocenters. The molecule has 1 aliphatic rings. The highest BCUT2D eigenvalue weighted by atomic mass is 127. The second-order valence-electron chi connectivity index (χ2n) is 2.49. The molecule has 1 fully saturated rings. The molecule has 3 heteroatoms. The molecule has 0 aromatic heterocycles. The summed E-state index contributed by atoms with van der Waals surface area (Å²) in [7, 11) is 0. The minimum Gasteiger partial charge on any atom is -0.390 e. The predicted octanol–water partition coefficient (Wildman–Crippen LogP) is -2.49. The molecule has 54 valence electrons. The third kappa shape index (κ3) is 2.05. The van der Waals surface area contributed by atoms with Gasteiger partial charge < -0.3 is 5.11 Å². The SMILES string of the molecule is O[C@H]1CCCC[C@H]1O[IH+]. The molecule has 1 saturated carbocycles. The van der Waals surface area contributed by atoms with Gasteiger partial charge in [-0.1, -0.05) is 12.8 Å². The van der Waals surface area contributed by atoms with Crippen LogP contribution >= 0.6 is 0 Å². The molecule has 0 radical (unpaired) electrons. The van der Waals surface area contributed by atoms with Crippen LogP contribution in [0.1, 0.15) is 25.7 Å². The molecular formula is C6H12IO2+. The van der Waals surface area contributed by atoms with Gasteiger partial charge in [0.2, 0.25) is 0 Å². The molecule has 1 rings (SSSR count). The van der Waals surface area contributed by atoms with Gasteiger partial charge in [0.15, 0.2) is 0 Å². The van der Waals surface area contributed by atoms with E-state index in [0.29, 0.717) is 0 Å². The van der Waals surface area contributed by atoms with Crippen molar-refractivity contribution in [3.05, 3.63) is 0 Å². The van der Waals surface area contributed by atoms with Crippen molar-refractivity contribution in [3.8, 4) is 0 Å². The minimum absolute atomic E-state index is 0.114. The number of rotatable bonds is 1. The molecule has 2 atom stereocenters. The predicted molar refractivity (Wildman–Crippen MR) is 30.7 cm³/mol. The Morgan fingerprint density at radius 2 is 2.00 bits per heavy atom. The van der Waals surface area contributed by atoms with Crippen molar-refractivity contribution in [2.45, 2.75) is 37.9 Å². The first-order chi connectivity index (χ1) is 4.34. The van der Waals surface area contributed by atoms with Gasteiger partial charge in [0, 0.05) is 0 Å². The van der Waals surface area contributed by atoms with Gasteiger partial charge >= 0.3 is 23.0 Å². The lowest BCUT2D eigenvalue weighted by molar-refractivity contribution is -0.706. The van der Waals surface area contributed by atoms with Gasteiger partial charge in [-0.15, -0.1) is 3.07 Å². The summed E-state index contributed by atoms with van der Waals surface area (Å²) in [4.78, 5) is 0. The monoisotopic (exact) mass is 243 g/mol. The van der Waals surface area contributed by atoms with Gasteiger partial charge in [-0.2, -0.15) is 0 Å². The molecule has 0 amide bonds. The molecule has 0 aromatic carbocycles. The topological polar surface area (TPSA) is 29.5 Å². The minimum atomic E-state index is -0.202. The lowest BCUT2D eigenvalue weighted by Gasteiger charge is -2.21. The summed E-state index contributed by atoms with van der Waals surface area (Å²) >= 11 is 1.60. The standard InChI is InChI=1S/C6H12IO2/c7-9-6-4-2-1-3-5(6)8/h5-8H,1-4H2/q+1/t5-,6+/m0/s1. The lowest BCUT2D eigenvalue weighted by Crippen LogP contribution is -3.35. The largest absolute Gasteiger partial charge is 0.458 e. The van der Waals surface area contributed by atoms with Crippen molar-refractivity contribution >= 4 is 0 Å². The van der Waals surface area contributed by atoms with Crippen LogP contribution in [0.15, 0.2) is 0 Å². The molecule has 0 spiro atoms. The van der Waals surface area contributed by atoms with Crippen LogP contribution in [0.2, 0.25) is 0 Å². The maximum Gasteiger partial charge on any atom is 0.458 e. The van der Waals surface area contributed by atoms with E-state index in [9.17, 15) is 5.11 Å². The van der Waals surface area contributed by atoms with E-state index in [1.807, 2.05) is 0 Å². The van der Waals surface area contributed by atoms with Crippen LogP contribution in [0.5, 0.6) is 0 Å². The van der Waals surface area contributed by atoms with Crippen LogP contribution in [0.3, 0.4) is 0 Å². The van der Waals surface area contributed by atoms with Crippen LogP contribution in [-0.2, 0) is 3.07 Å². The van der Waals surface area contributed by atoms with E-state index in [1.165, 1.54) is 6.42 Å². The second kappa shape index (κ2) is 3.73. The zero-order valence-electron chi connectivity index (χ0n) is 5.25. The van der Waals surface area contributed by atoms with E-state index in [2.05, 4.69) is 0 Å². The Balaban J connectivity index is 2.30. The molecule has 0 saturated heterocycles. The molecule has 0 heterocycles. The first-order valence-corrected chi connectivity index (χ1v) is 4.26. The second-order valence-corrected chi connectivity index (χ2v) is 3.04. The van der Waals surface area contributed by atoms with Crippen molar-refractivity contribution < 1.29 is 31.2 Å². The third-order valence-corrected chi connectivity index (χ3v) is 2.50. The van der Waals surface area contributed by atoms with Gasteiger partial charge in [-0.05, 0) is 12.8 Å². The lowest BCUT2D eigenvalue weighted by atomic mass is 9.95. The maximum atomic E-state index is 9.25. The average molecular weight is 243 g/mol. The Labute approximate surface area is 69.3 Å². The Morgan fingerprint density at radius 1 is 1.33 bits per heavy atom. The number of halogens is 1.